The number of nitrogens with two attached hydrogens (primary N) is 1. The van der Waals surface area contributed by atoms with Crippen molar-refractivity contribution in [2.45, 2.75) is 0 Å². The van der Waals surface area contributed by atoms with Gasteiger partial charge in [0, 0.05) is 32.9 Å². The molecule has 0 aliphatic carbocycles. The fourth-order valence-corrected chi connectivity index (χ4v) is 1.46. The smallest absolute Gasteiger partial charge is 0.316 e. The number of anilines is 2. The van der Waals surface area contributed by atoms with Crippen molar-refractivity contribution in [3.05, 3.63) is 23.2 Å². The highest BCUT2D eigenvalue weighted by molar-refractivity contribution is 6.33. The summed E-state index contributed by atoms with van der Waals surface area (Å²) in [4.78, 5) is 12.7. The molecule has 1 aromatic rings. The molecule has 6 heteroatoms. The summed E-state index contributed by atoms with van der Waals surface area (Å²) in [6.45, 7) is 1.13. The highest BCUT2D eigenvalue weighted by Crippen LogP contribution is 2.23. The standard InChI is InChI=1S/C11H17ClN4O/c1-16(2)11(17)15-6-5-14-10-4-3-8(13)7-9(10)12/h3-4,7,14H,5-6,13H2,1-2H3,(H,15,17). The Morgan fingerprint density at radius 3 is 2.71 bits per heavy atom. The van der Waals surface area contributed by atoms with E-state index in [1.165, 1.54) is 4.90 Å². The molecule has 94 valence electrons. The van der Waals surface area contributed by atoms with E-state index in [4.69, 9.17) is 17.3 Å². The van der Waals surface area contributed by atoms with Gasteiger partial charge in [0.2, 0.25) is 0 Å². The van der Waals surface area contributed by atoms with Crippen LogP contribution < -0.4 is 16.4 Å². The van der Waals surface area contributed by atoms with Gasteiger partial charge in [-0.2, -0.15) is 0 Å². The summed E-state index contributed by atoms with van der Waals surface area (Å²) >= 11 is 5.98. The monoisotopic (exact) mass is 256 g/mol. The Kier molecular flexibility index (Phi) is 4.90. The fraction of sp³-hybridized carbons (Fsp3) is 0.364. The number of amides is 2. The quantitative estimate of drug-likeness (QED) is 0.566. The van der Waals surface area contributed by atoms with Crippen molar-refractivity contribution in [1.82, 2.24) is 10.2 Å². The maximum atomic E-state index is 11.2. The molecule has 1 aromatic carbocycles. The predicted octanol–water partition coefficient (Wildman–Crippen LogP) is 1.61. The van der Waals surface area contributed by atoms with Crippen LogP contribution >= 0.6 is 11.6 Å². The van der Waals surface area contributed by atoms with E-state index in [9.17, 15) is 4.79 Å². The largest absolute Gasteiger partial charge is 0.399 e. The van der Waals surface area contributed by atoms with Crippen LogP contribution in [-0.2, 0) is 0 Å². The molecular formula is C11H17ClN4O. The number of urea groups is 1. The number of carbonyl (C=O) groups excluding carboxylic acids is 1. The van der Waals surface area contributed by atoms with Crippen molar-refractivity contribution >= 4 is 29.0 Å². The van der Waals surface area contributed by atoms with Crippen molar-refractivity contribution in [3.63, 3.8) is 0 Å². The molecule has 0 aliphatic rings. The van der Waals surface area contributed by atoms with Crippen LogP contribution in [0.15, 0.2) is 18.2 Å². The highest BCUT2D eigenvalue weighted by Gasteiger charge is 2.02. The first-order valence-corrected chi connectivity index (χ1v) is 5.62. The second-order valence-corrected chi connectivity index (χ2v) is 4.20. The van der Waals surface area contributed by atoms with E-state index in [-0.39, 0.29) is 6.03 Å². The lowest BCUT2D eigenvalue weighted by Crippen LogP contribution is -2.37. The van der Waals surface area contributed by atoms with Gasteiger partial charge >= 0.3 is 6.03 Å². The lowest BCUT2D eigenvalue weighted by atomic mass is 10.3. The molecule has 0 heterocycles. The molecule has 0 saturated carbocycles. The molecule has 17 heavy (non-hydrogen) atoms. The lowest BCUT2D eigenvalue weighted by molar-refractivity contribution is 0.218. The Hall–Kier alpha value is -1.62. The van der Waals surface area contributed by atoms with E-state index in [2.05, 4.69) is 10.6 Å². The fourth-order valence-electron chi connectivity index (χ4n) is 1.20. The molecule has 0 aromatic heterocycles. The first-order chi connectivity index (χ1) is 8.00. The van der Waals surface area contributed by atoms with Crippen molar-refractivity contribution < 1.29 is 4.79 Å². The molecule has 0 saturated heterocycles. The lowest BCUT2D eigenvalue weighted by Gasteiger charge is -2.13. The van der Waals surface area contributed by atoms with Gasteiger partial charge in [-0.05, 0) is 18.2 Å². The van der Waals surface area contributed by atoms with Crippen LogP contribution in [0, 0.1) is 0 Å². The van der Waals surface area contributed by atoms with Gasteiger partial charge in [0.05, 0.1) is 10.7 Å². The summed E-state index contributed by atoms with van der Waals surface area (Å²) < 4.78 is 0. The summed E-state index contributed by atoms with van der Waals surface area (Å²) in [6.07, 6.45) is 0. The molecule has 0 fully saturated rings. The number of halogens is 1. The zero-order valence-electron chi connectivity index (χ0n) is 9.96. The third kappa shape index (κ3) is 4.40. The summed E-state index contributed by atoms with van der Waals surface area (Å²) in [5.41, 5.74) is 7.01. The van der Waals surface area contributed by atoms with E-state index in [0.29, 0.717) is 23.8 Å². The van der Waals surface area contributed by atoms with Gasteiger partial charge in [-0.1, -0.05) is 11.6 Å². The molecule has 0 unspecified atom stereocenters. The zero-order valence-corrected chi connectivity index (χ0v) is 10.7. The number of nitrogens with one attached hydrogen (secondary N) is 2. The van der Waals surface area contributed by atoms with E-state index >= 15 is 0 Å². The molecule has 0 bridgehead atoms. The maximum absolute atomic E-state index is 11.2. The number of nitrogens with zero attached hydrogens (tertiary/aromatic N) is 1. The molecule has 0 aliphatic heterocycles. The van der Waals surface area contributed by atoms with Gasteiger partial charge in [-0.25, -0.2) is 4.79 Å². The minimum absolute atomic E-state index is 0.116. The normalized spacial score (nSPS) is 9.82. The Labute approximate surface area is 106 Å². The Balaban J connectivity index is 2.34. The van der Waals surface area contributed by atoms with Crippen LogP contribution in [0.3, 0.4) is 0 Å². The van der Waals surface area contributed by atoms with Gasteiger partial charge in [0.1, 0.15) is 0 Å². The van der Waals surface area contributed by atoms with E-state index in [1.807, 2.05) is 6.07 Å². The number of nitrogen functional groups attached to an aromatic ring is 1. The van der Waals surface area contributed by atoms with E-state index in [1.54, 1.807) is 26.2 Å². The van der Waals surface area contributed by atoms with Crippen LogP contribution in [0.25, 0.3) is 0 Å². The van der Waals surface area contributed by atoms with Gasteiger partial charge in [-0.3, -0.25) is 0 Å². The van der Waals surface area contributed by atoms with E-state index in [0.717, 1.165) is 5.69 Å². The Morgan fingerprint density at radius 1 is 1.41 bits per heavy atom. The first kappa shape index (κ1) is 13.4. The van der Waals surface area contributed by atoms with Gasteiger partial charge in [-0.15, -0.1) is 0 Å². The average Bonchev–Trinajstić information content (AvgIpc) is 2.26. The van der Waals surface area contributed by atoms with Crippen LogP contribution in [0.4, 0.5) is 16.2 Å². The van der Waals surface area contributed by atoms with E-state index < -0.39 is 0 Å². The highest BCUT2D eigenvalue weighted by atomic mass is 35.5. The summed E-state index contributed by atoms with van der Waals surface area (Å²) in [5.74, 6) is 0. The Morgan fingerprint density at radius 2 is 2.12 bits per heavy atom. The molecule has 0 radical (unpaired) electrons. The molecule has 0 spiro atoms. The Bertz CT molecular complexity index is 395. The molecule has 4 N–H and O–H groups in total. The van der Waals surface area contributed by atoms with Gasteiger partial charge < -0.3 is 21.3 Å². The number of benzene rings is 1. The van der Waals surface area contributed by atoms with Gasteiger partial charge in [0.15, 0.2) is 0 Å². The van der Waals surface area contributed by atoms with Crippen LogP contribution in [0.2, 0.25) is 5.02 Å². The van der Waals surface area contributed by atoms with Gasteiger partial charge in [0.25, 0.3) is 0 Å². The summed E-state index contributed by atoms with van der Waals surface area (Å²) in [5, 5.41) is 6.43. The SMILES string of the molecule is CN(C)C(=O)NCCNc1ccc(N)cc1Cl. The third-order valence-corrected chi connectivity index (χ3v) is 2.43. The predicted molar refractivity (Wildman–Crippen MR) is 71.4 cm³/mol. The van der Waals surface area contributed by atoms with Crippen molar-refractivity contribution in [3.8, 4) is 0 Å². The number of rotatable bonds is 4. The molecule has 5 nitrogen and oxygen atoms in total. The number of hydrogen-bond acceptors (Lipinski definition) is 3. The molecule has 1 rings (SSSR count). The van der Waals surface area contributed by atoms with Crippen molar-refractivity contribution in [2.75, 3.05) is 38.2 Å². The van der Waals surface area contributed by atoms with Crippen LogP contribution in [0.1, 0.15) is 0 Å². The van der Waals surface area contributed by atoms with Crippen LogP contribution in [-0.4, -0.2) is 38.1 Å². The minimum atomic E-state index is -0.116. The molecular weight excluding hydrogens is 240 g/mol. The topological polar surface area (TPSA) is 70.4 Å². The third-order valence-electron chi connectivity index (χ3n) is 2.12. The number of carbonyl (C=O) groups is 1. The zero-order chi connectivity index (χ0) is 12.8. The molecule has 0 atom stereocenters. The van der Waals surface area contributed by atoms with Crippen molar-refractivity contribution in [1.29, 1.82) is 0 Å². The summed E-state index contributed by atoms with van der Waals surface area (Å²) in [6, 6.07) is 5.15. The summed E-state index contributed by atoms with van der Waals surface area (Å²) in [7, 11) is 3.39. The maximum Gasteiger partial charge on any atom is 0.316 e. The van der Waals surface area contributed by atoms with Crippen molar-refractivity contribution in [2.24, 2.45) is 0 Å². The number of hydrogen-bond donors (Lipinski definition) is 3. The second kappa shape index (κ2) is 6.20. The first-order valence-electron chi connectivity index (χ1n) is 5.24. The minimum Gasteiger partial charge on any atom is -0.399 e. The second-order valence-electron chi connectivity index (χ2n) is 3.79. The molecule has 2 amide bonds. The average molecular weight is 257 g/mol. The van der Waals surface area contributed by atoms with Crippen LogP contribution in [0.5, 0.6) is 0 Å².